The molecule has 3 rings (SSSR count). The van der Waals surface area contributed by atoms with E-state index in [1.807, 2.05) is 0 Å². The van der Waals surface area contributed by atoms with E-state index in [9.17, 15) is 23.3 Å². The molecule has 0 atom stereocenters. The van der Waals surface area contributed by atoms with Gasteiger partial charge < -0.3 is 0 Å². The van der Waals surface area contributed by atoms with Crippen molar-refractivity contribution in [3.8, 4) is 0 Å². The number of nitro benzene ring substituents is 1. The number of ketones is 1. The van der Waals surface area contributed by atoms with Crippen LogP contribution in [-0.2, 0) is 9.84 Å². The van der Waals surface area contributed by atoms with Crippen molar-refractivity contribution in [3.05, 3.63) is 75.3 Å². The van der Waals surface area contributed by atoms with Gasteiger partial charge in [-0.1, -0.05) is 12.1 Å². The van der Waals surface area contributed by atoms with Crippen LogP contribution in [0, 0.1) is 10.1 Å². The van der Waals surface area contributed by atoms with Crippen molar-refractivity contribution >= 4 is 27.4 Å². The van der Waals surface area contributed by atoms with E-state index in [0.29, 0.717) is 5.56 Å². The Balaban J connectivity index is 2.04. The fraction of sp³-hybridized carbons (Fsp3) is 0.0625. The van der Waals surface area contributed by atoms with Crippen molar-refractivity contribution in [2.45, 2.75) is 4.90 Å². The molecule has 0 spiro atoms. The van der Waals surface area contributed by atoms with E-state index in [0.717, 1.165) is 0 Å². The van der Waals surface area contributed by atoms with Gasteiger partial charge in [0, 0.05) is 23.3 Å². The average molecular weight is 329 g/mol. The van der Waals surface area contributed by atoms with Crippen LogP contribution in [0.3, 0.4) is 0 Å². The van der Waals surface area contributed by atoms with Gasteiger partial charge in [0.15, 0.2) is 15.6 Å². The van der Waals surface area contributed by atoms with E-state index in [-0.39, 0.29) is 33.3 Å². The Hall–Kier alpha value is -2.80. The maximum Gasteiger partial charge on any atom is 0.269 e. The summed E-state index contributed by atoms with van der Waals surface area (Å²) in [5.41, 5.74) is 0.776. The molecule has 1 aliphatic heterocycles. The zero-order valence-electron chi connectivity index (χ0n) is 11.8. The number of nitrogens with zero attached hydrogens (tertiary/aromatic N) is 1. The first-order valence-corrected chi connectivity index (χ1v) is 8.35. The largest absolute Gasteiger partial charge is 0.289 e. The van der Waals surface area contributed by atoms with Crippen molar-refractivity contribution in [1.29, 1.82) is 0 Å². The van der Waals surface area contributed by atoms with Crippen LogP contribution in [0.25, 0.3) is 6.08 Å². The Morgan fingerprint density at radius 3 is 2.35 bits per heavy atom. The minimum Gasteiger partial charge on any atom is -0.289 e. The fourth-order valence-electron chi connectivity index (χ4n) is 2.45. The summed E-state index contributed by atoms with van der Waals surface area (Å²) < 4.78 is 24.6. The molecule has 0 amide bonds. The number of carbonyl (C=O) groups excluding carboxylic acids is 1. The predicted octanol–water partition coefficient (Wildman–Crippen LogP) is 2.65. The molecule has 23 heavy (non-hydrogen) atoms. The third-order valence-corrected chi connectivity index (χ3v) is 5.27. The van der Waals surface area contributed by atoms with Crippen LogP contribution < -0.4 is 0 Å². The quantitative estimate of drug-likeness (QED) is 0.479. The normalized spacial score (nSPS) is 17.7. The molecule has 2 aromatic rings. The monoisotopic (exact) mass is 329 g/mol. The summed E-state index contributed by atoms with van der Waals surface area (Å²) >= 11 is 0. The number of Topliss-reactive ketones (excluding diaryl/α,β-unsaturated/α-hetero) is 1. The second kappa shape index (κ2) is 5.44. The van der Waals surface area contributed by atoms with Gasteiger partial charge in [0.1, 0.15) is 0 Å². The first kappa shape index (κ1) is 15.1. The third-order valence-electron chi connectivity index (χ3n) is 3.55. The van der Waals surface area contributed by atoms with Gasteiger partial charge in [0.25, 0.3) is 5.69 Å². The molecule has 116 valence electrons. The van der Waals surface area contributed by atoms with E-state index >= 15 is 0 Å². The Morgan fingerprint density at radius 2 is 1.70 bits per heavy atom. The highest BCUT2D eigenvalue weighted by Gasteiger charge is 2.32. The summed E-state index contributed by atoms with van der Waals surface area (Å²) in [6.07, 6.45) is 1.46. The van der Waals surface area contributed by atoms with Crippen LogP contribution in [0.4, 0.5) is 5.69 Å². The van der Waals surface area contributed by atoms with Crippen LogP contribution in [0.1, 0.15) is 15.9 Å². The van der Waals surface area contributed by atoms with Crippen molar-refractivity contribution in [2.24, 2.45) is 0 Å². The number of non-ortho nitro benzene ring substituents is 1. The number of carbonyl (C=O) groups is 1. The molecule has 0 unspecified atom stereocenters. The molecule has 0 bridgehead atoms. The van der Waals surface area contributed by atoms with Gasteiger partial charge in [-0.15, -0.1) is 0 Å². The van der Waals surface area contributed by atoms with Gasteiger partial charge in [-0.25, -0.2) is 8.42 Å². The first-order valence-electron chi connectivity index (χ1n) is 6.70. The standard InChI is InChI=1S/C16H11NO5S/c18-16-12(9-11-5-7-13(8-6-11)17(19)20)10-23(21,22)15-4-2-1-3-14(15)16/h1-9H,10H2/b12-9-. The van der Waals surface area contributed by atoms with Gasteiger partial charge in [-0.2, -0.15) is 0 Å². The van der Waals surface area contributed by atoms with Crippen molar-refractivity contribution in [2.75, 3.05) is 5.75 Å². The van der Waals surface area contributed by atoms with Gasteiger partial charge in [0.2, 0.25) is 0 Å². The summed E-state index contributed by atoms with van der Waals surface area (Å²) in [5.74, 6) is -0.714. The Bertz CT molecular complexity index is 943. The zero-order valence-corrected chi connectivity index (χ0v) is 12.6. The van der Waals surface area contributed by atoms with Crippen LogP contribution in [0.15, 0.2) is 59.0 Å². The van der Waals surface area contributed by atoms with Crippen LogP contribution in [-0.4, -0.2) is 24.9 Å². The van der Waals surface area contributed by atoms with E-state index in [2.05, 4.69) is 0 Å². The number of sulfone groups is 1. The molecule has 0 aromatic heterocycles. The lowest BCUT2D eigenvalue weighted by Crippen LogP contribution is -2.24. The lowest BCUT2D eigenvalue weighted by Gasteiger charge is -2.17. The van der Waals surface area contributed by atoms with Crippen molar-refractivity contribution in [1.82, 2.24) is 0 Å². The SMILES string of the molecule is O=C1/C(=C\c2ccc([N+](=O)[O-])cc2)CS(=O)(=O)c2ccccc21. The lowest BCUT2D eigenvalue weighted by atomic mass is 10.0. The fourth-order valence-corrected chi connectivity index (χ4v) is 4.01. The van der Waals surface area contributed by atoms with E-state index in [1.54, 1.807) is 12.1 Å². The summed E-state index contributed by atoms with van der Waals surface area (Å²) in [6.45, 7) is 0. The molecule has 0 N–H and O–H groups in total. The number of hydrogen-bond donors (Lipinski definition) is 0. The van der Waals surface area contributed by atoms with E-state index in [1.165, 1.54) is 42.5 Å². The van der Waals surface area contributed by atoms with E-state index < -0.39 is 14.8 Å². The minimum atomic E-state index is -3.56. The number of hydrogen-bond acceptors (Lipinski definition) is 5. The number of fused-ring (bicyclic) bond motifs is 1. The topological polar surface area (TPSA) is 94.3 Å². The second-order valence-corrected chi connectivity index (χ2v) is 7.06. The smallest absolute Gasteiger partial charge is 0.269 e. The van der Waals surface area contributed by atoms with Gasteiger partial charge in [0.05, 0.1) is 15.6 Å². The summed E-state index contributed by atoms with van der Waals surface area (Å²) in [6, 6.07) is 11.7. The first-order chi connectivity index (χ1) is 10.9. The maximum absolute atomic E-state index is 12.4. The summed E-state index contributed by atoms with van der Waals surface area (Å²) in [4.78, 5) is 22.6. The van der Waals surface area contributed by atoms with Gasteiger partial charge in [-0.3, -0.25) is 14.9 Å². The molecule has 1 heterocycles. The average Bonchev–Trinajstić information content (AvgIpc) is 2.53. The lowest BCUT2D eigenvalue weighted by molar-refractivity contribution is -0.384. The molecule has 2 aromatic carbocycles. The van der Waals surface area contributed by atoms with Gasteiger partial charge >= 0.3 is 0 Å². The van der Waals surface area contributed by atoms with Crippen LogP contribution >= 0.6 is 0 Å². The maximum atomic E-state index is 12.4. The second-order valence-electron chi connectivity index (χ2n) is 5.10. The highest BCUT2D eigenvalue weighted by Crippen LogP contribution is 2.29. The Labute approximate surface area is 132 Å². The highest BCUT2D eigenvalue weighted by atomic mass is 32.2. The van der Waals surface area contributed by atoms with Gasteiger partial charge in [-0.05, 0) is 35.9 Å². The molecule has 0 radical (unpaired) electrons. The van der Waals surface area contributed by atoms with Crippen LogP contribution in [0.5, 0.6) is 0 Å². The Morgan fingerprint density at radius 1 is 1.04 bits per heavy atom. The molecule has 1 aliphatic rings. The van der Waals surface area contributed by atoms with Crippen LogP contribution in [0.2, 0.25) is 0 Å². The molecule has 0 saturated heterocycles. The third kappa shape index (κ3) is 2.78. The zero-order chi connectivity index (χ0) is 16.6. The molecule has 6 nitrogen and oxygen atoms in total. The number of benzene rings is 2. The number of nitro groups is 1. The van der Waals surface area contributed by atoms with E-state index in [4.69, 9.17) is 0 Å². The van der Waals surface area contributed by atoms with Crippen molar-refractivity contribution in [3.63, 3.8) is 0 Å². The molecule has 0 saturated carbocycles. The summed E-state index contributed by atoms with van der Waals surface area (Å²) in [5, 5.41) is 10.6. The molecular formula is C16H11NO5S. The highest BCUT2D eigenvalue weighted by molar-refractivity contribution is 7.91. The summed E-state index contributed by atoms with van der Waals surface area (Å²) in [7, 11) is -3.56. The molecule has 0 fully saturated rings. The predicted molar refractivity (Wildman–Crippen MR) is 83.9 cm³/mol. The minimum absolute atomic E-state index is 0.0471. The molecule has 7 heteroatoms. The number of rotatable bonds is 2. The Kier molecular flexibility index (Phi) is 3.57. The molecule has 0 aliphatic carbocycles. The molecular weight excluding hydrogens is 318 g/mol. The van der Waals surface area contributed by atoms with Crippen molar-refractivity contribution < 1.29 is 18.1 Å².